The molecule has 3 aromatic carbocycles. The van der Waals surface area contributed by atoms with Crippen molar-refractivity contribution in [3.05, 3.63) is 94.1 Å². The van der Waals surface area contributed by atoms with Crippen molar-refractivity contribution in [2.45, 2.75) is 38.2 Å². The van der Waals surface area contributed by atoms with Gasteiger partial charge in [-0.3, -0.25) is 10.1 Å². The first-order chi connectivity index (χ1) is 19.8. The quantitative estimate of drug-likeness (QED) is 0.196. The summed E-state index contributed by atoms with van der Waals surface area (Å²) in [5.41, 5.74) is 3.77. The van der Waals surface area contributed by atoms with E-state index < -0.39 is 22.7 Å². The van der Waals surface area contributed by atoms with Crippen molar-refractivity contribution in [1.29, 1.82) is 0 Å². The summed E-state index contributed by atoms with van der Waals surface area (Å²) in [5, 5.41) is 2.70. The maximum atomic E-state index is 14.4. The zero-order valence-electron chi connectivity index (χ0n) is 22.8. The van der Waals surface area contributed by atoms with Crippen LogP contribution in [0.2, 0.25) is 5.02 Å². The number of rotatable bonds is 9. The third-order valence-corrected chi connectivity index (χ3v) is 8.51. The number of hydrogen-bond donors (Lipinski definition) is 1. The van der Waals surface area contributed by atoms with Gasteiger partial charge in [0.25, 0.3) is 0 Å². The van der Waals surface area contributed by atoms with Gasteiger partial charge in [0.05, 0.1) is 29.7 Å². The minimum atomic E-state index is -0.726. The third kappa shape index (κ3) is 5.94. The molecule has 1 aliphatic carbocycles. The molecule has 1 aliphatic rings. The maximum Gasteiger partial charge on any atom is 0.412 e. The number of carbonyl (C=O) groups excluding carboxylic acids is 2. The Hall–Kier alpha value is -3.88. The molecule has 1 fully saturated rings. The first kappa shape index (κ1) is 28.6. The zero-order valence-corrected chi connectivity index (χ0v) is 24.4. The van der Waals surface area contributed by atoms with Gasteiger partial charge in [-0.2, -0.15) is 4.39 Å². The van der Waals surface area contributed by atoms with Gasteiger partial charge in [0.15, 0.2) is 5.13 Å². The highest BCUT2D eigenvalue weighted by Crippen LogP contribution is 2.50. The van der Waals surface area contributed by atoms with Gasteiger partial charge < -0.3 is 14.2 Å². The molecule has 0 bridgehead atoms. The average Bonchev–Trinajstić information content (AvgIpc) is 3.70. The summed E-state index contributed by atoms with van der Waals surface area (Å²) >= 11 is 7.13. The van der Waals surface area contributed by atoms with Crippen LogP contribution in [0.5, 0.6) is 5.75 Å². The highest BCUT2D eigenvalue weighted by molar-refractivity contribution is 7.14. The minimum absolute atomic E-state index is 0.176. The summed E-state index contributed by atoms with van der Waals surface area (Å²) in [4.78, 5) is 25.7. The molecule has 1 N–H and O–H groups in total. The number of anilines is 1. The van der Waals surface area contributed by atoms with E-state index in [1.165, 1.54) is 6.07 Å². The molecular formula is C32H29ClFNO5S. The molecule has 9 heteroatoms. The van der Waals surface area contributed by atoms with Crippen LogP contribution in [0.25, 0.3) is 21.6 Å². The fourth-order valence-electron chi connectivity index (χ4n) is 4.88. The van der Waals surface area contributed by atoms with E-state index >= 15 is 0 Å². The lowest BCUT2D eigenvalue weighted by Gasteiger charge is -2.16. The molecule has 41 heavy (non-hydrogen) atoms. The summed E-state index contributed by atoms with van der Waals surface area (Å²) < 4.78 is 30.9. The van der Waals surface area contributed by atoms with Crippen molar-refractivity contribution < 1.29 is 28.2 Å². The van der Waals surface area contributed by atoms with E-state index in [1.807, 2.05) is 49.4 Å². The Bertz CT molecular complexity index is 1580. The van der Waals surface area contributed by atoms with Gasteiger partial charge in [-0.15, -0.1) is 11.3 Å². The van der Waals surface area contributed by atoms with Crippen molar-refractivity contribution >= 4 is 40.7 Å². The molecule has 5 rings (SSSR count). The van der Waals surface area contributed by atoms with E-state index in [-0.39, 0.29) is 11.7 Å². The summed E-state index contributed by atoms with van der Waals surface area (Å²) in [6.07, 6.45) is 0.233. The topological polar surface area (TPSA) is 73.9 Å². The molecule has 0 aliphatic heterocycles. The van der Waals surface area contributed by atoms with Crippen LogP contribution in [0.4, 0.5) is 14.9 Å². The van der Waals surface area contributed by atoms with Crippen LogP contribution < -0.4 is 10.1 Å². The molecule has 212 valence electrons. The normalized spacial score (nSPS) is 14.2. The molecule has 4 aromatic rings. The summed E-state index contributed by atoms with van der Waals surface area (Å²) in [6, 6.07) is 21.7. The Morgan fingerprint density at radius 1 is 1.05 bits per heavy atom. The second-order valence-corrected chi connectivity index (χ2v) is 11.2. The van der Waals surface area contributed by atoms with Crippen molar-refractivity contribution in [3.8, 4) is 27.3 Å². The number of carbonyl (C=O) groups is 2. The summed E-state index contributed by atoms with van der Waals surface area (Å²) in [6.45, 7) is 3.88. The Kier molecular flexibility index (Phi) is 8.33. The van der Waals surface area contributed by atoms with Crippen LogP contribution in [0, 0.1) is 5.13 Å². The van der Waals surface area contributed by atoms with Gasteiger partial charge in [-0.1, -0.05) is 66.2 Å². The molecule has 1 amide bonds. The molecule has 0 spiro atoms. The van der Waals surface area contributed by atoms with Crippen LogP contribution in [0.3, 0.4) is 0 Å². The molecule has 1 unspecified atom stereocenters. The van der Waals surface area contributed by atoms with Gasteiger partial charge in [0, 0.05) is 22.2 Å². The van der Waals surface area contributed by atoms with E-state index in [4.69, 9.17) is 25.8 Å². The lowest BCUT2D eigenvalue weighted by Crippen LogP contribution is -2.23. The Morgan fingerprint density at radius 3 is 2.41 bits per heavy atom. The van der Waals surface area contributed by atoms with Crippen molar-refractivity contribution in [2.75, 3.05) is 19.0 Å². The van der Waals surface area contributed by atoms with Gasteiger partial charge in [-0.05, 0) is 55.5 Å². The van der Waals surface area contributed by atoms with Crippen LogP contribution in [0.1, 0.15) is 43.9 Å². The third-order valence-electron chi connectivity index (χ3n) is 7.19. The van der Waals surface area contributed by atoms with Crippen LogP contribution in [0.15, 0.2) is 72.8 Å². The fraction of sp³-hybridized carbons (Fsp3) is 0.250. The van der Waals surface area contributed by atoms with E-state index in [0.717, 1.165) is 40.9 Å². The highest BCUT2D eigenvalue weighted by atomic mass is 35.5. The van der Waals surface area contributed by atoms with Gasteiger partial charge >= 0.3 is 12.1 Å². The number of thiophene rings is 1. The number of benzene rings is 3. The predicted molar refractivity (Wildman–Crippen MR) is 159 cm³/mol. The van der Waals surface area contributed by atoms with Gasteiger partial charge in [-0.25, -0.2) is 4.79 Å². The molecule has 0 radical (unpaired) electrons. The molecule has 6 nitrogen and oxygen atoms in total. The predicted octanol–water partition coefficient (Wildman–Crippen LogP) is 8.79. The first-order valence-corrected chi connectivity index (χ1v) is 14.4. The smallest absolute Gasteiger partial charge is 0.412 e. The Morgan fingerprint density at radius 2 is 1.76 bits per heavy atom. The van der Waals surface area contributed by atoms with E-state index in [0.29, 0.717) is 33.4 Å². The van der Waals surface area contributed by atoms with Crippen LogP contribution in [-0.4, -0.2) is 25.8 Å². The number of esters is 1. The molecule has 1 heterocycles. The van der Waals surface area contributed by atoms with E-state index in [9.17, 15) is 14.0 Å². The standard InChI is InChI=1S/C32H29ClFNO5S/c1-4-39-30(36)32(15-16-32)22-12-9-20(10-13-22)24-14-11-21(17-27(24)38-3)29-26(18-28(34)41-29)35-31(37)40-19(2)23-7-5-6-8-25(23)33/h5-14,17-19H,4,15-16H2,1-3H3,(H,35,37). The second-order valence-electron chi connectivity index (χ2n) is 9.78. The maximum absolute atomic E-state index is 14.4. The molecular weight excluding hydrogens is 565 g/mol. The van der Waals surface area contributed by atoms with Crippen molar-refractivity contribution in [3.63, 3.8) is 0 Å². The van der Waals surface area contributed by atoms with Crippen molar-refractivity contribution in [2.24, 2.45) is 0 Å². The van der Waals surface area contributed by atoms with Gasteiger partial charge in [0.1, 0.15) is 11.9 Å². The largest absolute Gasteiger partial charge is 0.496 e. The lowest BCUT2D eigenvalue weighted by molar-refractivity contribution is -0.146. The molecule has 1 atom stereocenters. The molecule has 1 saturated carbocycles. The van der Waals surface area contributed by atoms with E-state index in [2.05, 4.69) is 5.32 Å². The number of nitrogens with one attached hydrogen (secondary N) is 1. The van der Waals surface area contributed by atoms with Gasteiger partial charge in [0.2, 0.25) is 0 Å². The van der Waals surface area contributed by atoms with Crippen LogP contribution >= 0.6 is 22.9 Å². The highest BCUT2D eigenvalue weighted by Gasteiger charge is 2.52. The zero-order chi connectivity index (χ0) is 29.1. The average molecular weight is 594 g/mol. The Labute approximate surface area is 247 Å². The number of methoxy groups -OCH3 is 1. The Balaban J connectivity index is 1.35. The molecule has 1 aromatic heterocycles. The number of hydrogen-bond acceptors (Lipinski definition) is 6. The minimum Gasteiger partial charge on any atom is -0.496 e. The first-order valence-electron chi connectivity index (χ1n) is 13.2. The fourth-order valence-corrected chi connectivity index (χ4v) is 6.01. The second kappa shape index (κ2) is 11.9. The summed E-state index contributed by atoms with van der Waals surface area (Å²) in [5.74, 6) is 0.404. The van der Waals surface area contributed by atoms with E-state index in [1.54, 1.807) is 38.3 Å². The monoisotopic (exact) mass is 593 g/mol. The number of amides is 1. The summed E-state index contributed by atoms with van der Waals surface area (Å²) in [7, 11) is 1.57. The molecule has 0 saturated heterocycles. The number of halogens is 2. The van der Waals surface area contributed by atoms with Crippen molar-refractivity contribution in [1.82, 2.24) is 0 Å². The number of ether oxygens (including phenoxy) is 3. The van der Waals surface area contributed by atoms with Crippen LogP contribution in [-0.2, 0) is 19.7 Å². The lowest BCUT2D eigenvalue weighted by atomic mass is 9.93. The SMILES string of the molecule is CCOC(=O)C1(c2ccc(-c3ccc(-c4sc(F)cc4NC(=O)OC(C)c4ccccc4Cl)cc3OC)cc2)CC1.